The fourth-order valence-electron chi connectivity index (χ4n) is 0.877. The average molecular weight is 214 g/mol. The van der Waals surface area contributed by atoms with Crippen LogP contribution in [0.2, 0.25) is 0 Å². The summed E-state index contributed by atoms with van der Waals surface area (Å²) in [6.45, 7) is 4.94. The van der Waals surface area contributed by atoms with Gasteiger partial charge in [-0.3, -0.25) is 4.79 Å². The minimum absolute atomic E-state index is 0.553. The molecular weight excluding hydrogens is 203 g/mol. The van der Waals surface area contributed by atoms with Crippen LogP contribution >= 0.6 is 11.3 Å². The van der Waals surface area contributed by atoms with Gasteiger partial charge in [-0.2, -0.15) is 0 Å². The predicted molar refractivity (Wildman–Crippen MR) is 55.0 cm³/mol. The molecule has 0 saturated carbocycles. The van der Waals surface area contributed by atoms with Crippen LogP contribution in [0.5, 0.6) is 0 Å². The van der Waals surface area contributed by atoms with Crippen molar-refractivity contribution < 1.29 is 9.18 Å². The van der Waals surface area contributed by atoms with Crippen molar-refractivity contribution in [2.24, 2.45) is 0 Å². The molecule has 76 valence electrons. The van der Waals surface area contributed by atoms with Gasteiger partial charge in [0.2, 0.25) is 0 Å². The van der Waals surface area contributed by atoms with Crippen LogP contribution in [0.25, 0.3) is 0 Å². The molecule has 0 aliphatic carbocycles. The zero-order valence-corrected chi connectivity index (χ0v) is 8.66. The molecule has 5 heteroatoms. The summed E-state index contributed by atoms with van der Waals surface area (Å²) in [5.41, 5.74) is 0. The first-order valence-electron chi connectivity index (χ1n) is 4.24. The minimum Gasteiger partial charge on any atom is -0.310 e. The summed E-state index contributed by atoms with van der Waals surface area (Å²) < 4.78 is 12.3. The largest absolute Gasteiger partial charge is 0.310 e. The molecule has 0 radical (unpaired) electrons. The quantitative estimate of drug-likeness (QED) is 0.782. The van der Waals surface area contributed by atoms with Crippen molar-refractivity contribution in [3.8, 4) is 0 Å². The zero-order chi connectivity index (χ0) is 10.6. The Hall–Kier alpha value is -1.23. The number of carbonyl (C=O) groups excluding carboxylic acids is 1. The van der Waals surface area contributed by atoms with Crippen LogP contribution in [0.1, 0.15) is 18.4 Å². The number of rotatable bonds is 4. The maximum Gasteiger partial charge on any atom is 0.284 e. The number of nitrogens with zero attached hydrogens (tertiary/aromatic N) is 1. The zero-order valence-electron chi connectivity index (χ0n) is 7.84. The number of amides is 1. The van der Waals surface area contributed by atoms with Crippen LogP contribution in [0.4, 0.5) is 9.39 Å². The third kappa shape index (κ3) is 2.92. The lowest BCUT2D eigenvalue weighted by Crippen LogP contribution is -2.09. The van der Waals surface area contributed by atoms with Gasteiger partial charge in [0, 0.05) is 0 Å². The second-order valence-electron chi connectivity index (χ2n) is 2.73. The van der Waals surface area contributed by atoms with E-state index in [0.717, 1.165) is 17.8 Å². The standard InChI is InChI=1S/C9H11FN2OS/c1-3-4-7-11-5-8(14-7)12-9(13)6(2)10/h5H,2-4H2,1H3,(H,12,13). The van der Waals surface area contributed by atoms with E-state index in [4.69, 9.17) is 0 Å². The Balaban J connectivity index is 2.59. The molecule has 14 heavy (non-hydrogen) atoms. The highest BCUT2D eigenvalue weighted by Gasteiger charge is 2.08. The Bertz CT molecular complexity index is 348. The number of nitrogens with one attached hydrogen (secondary N) is 1. The van der Waals surface area contributed by atoms with Gasteiger partial charge in [0.25, 0.3) is 5.91 Å². The summed E-state index contributed by atoms with van der Waals surface area (Å²) in [4.78, 5) is 14.9. The first kappa shape index (κ1) is 10.8. The molecule has 3 nitrogen and oxygen atoms in total. The van der Waals surface area contributed by atoms with Crippen molar-refractivity contribution in [2.45, 2.75) is 19.8 Å². The number of anilines is 1. The van der Waals surface area contributed by atoms with Gasteiger partial charge in [-0.25, -0.2) is 9.37 Å². The highest BCUT2D eigenvalue weighted by atomic mass is 32.1. The van der Waals surface area contributed by atoms with Crippen LogP contribution in [0, 0.1) is 0 Å². The van der Waals surface area contributed by atoms with Gasteiger partial charge in [0.15, 0.2) is 5.83 Å². The molecule has 0 saturated heterocycles. The summed E-state index contributed by atoms with van der Waals surface area (Å²) >= 11 is 1.35. The van der Waals surface area contributed by atoms with Crippen LogP contribution < -0.4 is 5.32 Å². The third-order valence-electron chi connectivity index (χ3n) is 1.50. The van der Waals surface area contributed by atoms with Gasteiger partial charge in [-0.05, 0) is 12.8 Å². The van der Waals surface area contributed by atoms with Crippen molar-refractivity contribution in [1.82, 2.24) is 4.98 Å². The minimum atomic E-state index is -0.990. The second-order valence-corrected chi connectivity index (χ2v) is 3.84. The SMILES string of the molecule is C=C(F)C(=O)Nc1cnc(CCC)s1. The van der Waals surface area contributed by atoms with E-state index in [0.29, 0.717) is 5.00 Å². The predicted octanol–water partition coefficient (Wildman–Crippen LogP) is 2.52. The van der Waals surface area contributed by atoms with Crippen LogP contribution in [0.15, 0.2) is 18.6 Å². The van der Waals surface area contributed by atoms with E-state index in [1.54, 1.807) is 0 Å². The molecule has 1 aromatic rings. The van der Waals surface area contributed by atoms with Crippen LogP contribution in [-0.2, 0) is 11.2 Å². The lowest BCUT2D eigenvalue weighted by molar-refractivity contribution is -0.114. The molecule has 1 aromatic heterocycles. The molecule has 0 aromatic carbocycles. The number of carbonyl (C=O) groups is 1. The molecule has 1 N–H and O–H groups in total. The van der Waals surface area contributed by atoms with E-state index in [1.807, 2.05) is 6.92 Å². The molecule has 1 rings (SSSR count). The summed E-state index contributed by atoms with van der Waals surface area (Å²) in [6, 6.07) is 0. The Labute approximate surface area is 85.7 Å². The number of halogens is 1. The van der Waals surface area contributed by atoms with Crippen molar-refractivity contribution in [3.63, 3.8) is 0 Å². The van der Waals surface area contributed by atoms with Crippen molar-refractivity contribution in [3.05, 3.63) is 23.6 Å². The summed E-state index contributed by atoms with van der Waals surface area (Å²) in [5, 5.41) is 3.85. The highest BCUT2D eigenvalue weighted by molar-refractivity contribution is 7.15. The number of hydrogen-bond donors (Lipinski definition) is 1. The van der Waals surface area contributed by atoms with E-state index < -0.39 is 11.7 Å². The number of aryl methyl sites for hydroxylation is 1. The molecule has 0 bridgehead atoms. The lowest BCUT2D eigenvalue weighted by atomic mass is 10.4. The Kier molecular flexibility index (Phi) is 3.76. The number of aromatic nitrogens is 1. The summed E-state index contributed by atoms with van der Waals surface area (Å²) in [6.07, 6.45) is 3.39. The molecule has 1 heterocycles. The molecule has 0 fully saturated rings. The Morgan fingerprint density at radius 2 is 2.50 bits per heavy atom. The molecule has 0 aliphatic heterocycles. The molecule has 0 unspecified atom stereocenters. The van der Waals surface area contributed by atoms with E-state index in [2.05, 4.69) is 16.9 Å². The van der Waals surface area contributed by atoms with E-state index in [-0.39, 0.29) is 0 Å². The molecule has 0 aliphatic rings. The molecule has 0 spiro atoms. The second kappa shape index (κ2) is 4.85. The lowest BCUT2D eigenvalue weighted by Gasteiger charge is -1.96. The van der Waals surface area contributed by atoms with Gasteiger partial charge in [-0.15, -0.1) is 11.3 Å². The normalized spacial score (nSPS) is 9.86. The average Bonchev–Trinajstić information content (AvgIpc) is 2.53. The van der Waals surface area contributed by atoms with E-state index >= 15 is 0 Å². The maximum absolute atomic E-state index is 12.3. The van der Waals surface area contributed by atoms with Crippen LogP contribution in [-0.4, -0.2) is 10.9 Å². The van der Waals surface area contributed by atoms with Crippen LogP contribution in [0.3, 0.4) is 0 Å². The van der Waals surface area contributed by atoms with E-state index in [1.165, 1.54) is 17.5 Å². The molecule has 0 atom stereocenters. The Morgan fingerprint density at radius 3 is 3.07 bits per heavy atom. The highest BCUT2D eigenvalue weighted by Crippen LogP contribution is 2.20. The van der Waals surface area contributed by atoms with Crippen molar-refractivity contribution >= 4 is 22.2 Å². The first-order valence-corrected chi connectivity index (χ1v) is 5.05. The molecule has 1 amide bonds. The van der Waals surface area contributed by atoms with Gasteiger partial charge < -0.3 is 5.32 Å². The fraction of sp³-hybridized carbons (Fsp3) is 0.333. The third-order valence-corrected chi connectivity index (χ3v) is 2.47. The smallest absolute Gasteiger partial charge is 0.284 e. The van der Waals surface area contributed by atoms with Crippen molar-refractivity contribution in [1.29, 1.82) is 0 Å². The Morgan fingerprint density at radius 1 is 1.79 bits per heavy atom. The maximum atomic E-state index is 12.3. The summed E-state index contributed by atoms with van der Waals surface area (Å²) in [7, 11) is 0. The van der Waals surface area contributed by atoms with Gasteiger partial charge in [0.1, 0.15) is 5.00 Å². The van der Waals surface area contributed by atoms with Crippen molar-refractivity contribution in [2.75, 3.05) is 5.32 Å². The number of hydrogen-bond acceptors (Lipinski definition) is 3. The topological polar surface area (TPSA) is 42.0 Å². The summed E-state index contributed by atoms with van der Waals surface area (Å²) in [5.74, 6) is -1.80. The number of thiazole rings is 1. The van der Waals surface area contributed by atoms with Gasteiger partial charge >= 0.3 is 0 Å². The van der Waals surface area contributed by atoms with Gasteiger partial charge in [-0.1, -0.05) is 13.5 Å². The fourth-order valence-corrected chi connectivity index (χ4v) is 1.79. The van der Waals surface area contributed by atoms with E-state index in [9.17, 15) is 9.18 Å². The van der Waals surface area contributed by atoms with Gasteiger partial charge in [0.05, 0.1) is 11.2 Å². The monoisotopic (exact) mass is 214 g/mol. The first-order chi connectivity index (χ1) is 6.63. The molecular formula is C9H11FN2OS.